The molecule has 1 aliphatic heterocycles. The maximum atomic E-state index is 12.0. The van der Waals surface area contributed by atoms with Crippen LogP contribution in [-0.2, 0) is 19.9 Å². The van der Waals surface area contributed by atoms with Gasteiger partial charge in [0.25, 0.3) is 0 Å². The van der Waals surface area contributed by atoms with E-state index in [-0.39, 0.29) is 5.91 Å². The van der Waals surface area contributed by atoms with Gasteiger partial charge in [-0.2, -0.15) is 5.10 Å². The lowest BCUT2D eigenvalue weighted by Gasteiger charge is -2.21. The van der Waals surface area contributed by atoms with Crippen LogP contribution in [0, 0.1) is 5.92 Å². The zero-order valence-electron chi connectivity index (χ0n) is 13.7. The third kappa shape index (κ3) is 4.79. The Morgan fingerprint density at radius 2 is 2.13 bits per heavy atom. The predicted octanol–water partition coefficient (Wildman–Crippen LogP) is 2.24. The normalized spacial score (nSPS) is 16.3. The first-order valence-electron chi connectivity index (χ1n) is 8.05. The minimum absolute atomic E-state index is 0.0651. The van der Waals surface area contributed by atoms with Gasteiger partial charge in [-0.1, -0.05) is 0 Å². The summed E-state index contributed by atoms with van der Waals surface area (Å²) in [5, 5.41) is 16.0. The molecule has 1 aromatic heterocycles. The third-order valence-corrected chi connectivity index (χ3v) is 4.32. The smallest absolute Gasteiger partial charge is 0.331 e. The highest BCUT2D eigenvalue weighted by Crippen LogP contribution is 2.21. The molecule has 23 heavy (non-hydrogen) atoms. The van der Waals surface area contributed by atoms with E-state index in [1.165, 1.54) is 10.9 Å². The molecular formula is C16H25N3O4. The monoisotopic (exact) mass is 323 g/mol. The summed E-state index contributed by atoms with van der Waals surface area (Å²) in [6, 6.07) is 0. The number of carboxylic acid groups (broad SMARTS) is 1. The fourth-order valence-corrected chi connectivity index (χ4v) is 2.60. The maximum absolute atomic E-state index is 12.0. The van der Waals surface area contributed by atoms with E-state index in [9.17, 15) is 9.59 Å². The fraction of sp³-hybridized carbons (Fsp3) is 0.688. The number of hydrogen-bond acceptors (Lipinski definition) is 4. The van der Waals surface area contributed by atoms with E-state index >= 15 is 0 Å². The molecule has 0 bridgehead atoms. The quantitative estimate of drug-likeness (QED) is 0.802. The van der Waals surface area contributed by atoms with Gasteiger partial charge in [-0.05, 0) is 45.4 Å². The van der Waals surface area contributed by atoms with Gasteiger partial charge in [-0.3, -0.25) is 9.48 Å². The molecule has 0 saturated carbocycles. The molecule has 0 aliphatic carbocycles. The Kier molecular flexibility index (Phi) is 5.76. The van der Waals surface area contributed by atoms with Gasteiger partial charge in [0.05, 0.1) is 11.9 Å². The highest BCUT2D eigenvalue weighted by atomic mass is 16.5. The van der Waals surface area contributed by atoms with Gasteiger partial charge in [0, 0.05) is 25.8 Å². The maximum Gasteiger partial charge on any atom is 0.331 e. The first-order valence-corrected chi connectivity index (χ1v) is 8.05. The van der Waals surface area contributed by atoms with Crippen LogP contribution in [0.15, 0.2) is 12.4 Å². The zero-order valence-corrected chi connectivity index (χ0v) is 13.7. The van der Waals surface area contributed by atoms with Crippen LogP contribution in [0.3, 0.4) is 0 Å². The number of carbonyl (C=O) groups excluding carboxylic acids is 1. The van der Waals surface area contributed by atoms with Crippen LogP contribution in [0.2, 0.25) is 0 Å². The highest BCUT2D eigenvalue weighted by molar-refractivity contribution is 5.90. The first kappa shape index (κ1) is 17.5. The van der Waals surface area contributed by atoms with Gasteiger partial charge in [-0.15, -0.1) is 0 Å². The number of aliphatic carboxylic acids is 1. The number of rotatable bonds is 7. The average molecular weight is 323 g/mol. The summed E-state index contributed by atoms with van der Waals surface area (Å²) in [5.41, 5.74) is -0.623. The van der Waals surface area contributed by atoms with Crippen LogP contribution >= 0.6 is 0 Å². The van der Waals surface area contributed by atoms with Gasteiger partial charge in [0.2, 0.25) is 5.91 Å². The van der Waals surface area contributed by atoms with Crippen molar-refractivity contribution in [2.75, 3.05) is 18.5 Å². The summed E-state index contributed by atoms with van der Waals surface area (Å²) in [7, 11) is 0. The number of nitrogens with zero attached hydrogens (tertiary/aromatic N) is 2. The number of hydrogen-bond donors (Lipinski definition) is 2. The molecule has 1 fully saturated rings. The number of carboxylic acids is 1. The van der Waals surface area contributed by atoms with Gasteiger partial charge in [0.1, 0.15) is 0 Å². The molecule has 1 amide bonds. The van der Waals surface area contributed by atoms with E-state index in [4.69, 9.17) is 9.84 Å². The molecule has 7 heteroatoms. The second-order valence-electron chi connectivity index (χ2n) is 6.53. The molecule has 0 atom stereocenters. The number of anilines is 1. The Balaban J connectivity index is 1.77. The van der Waals surface area contributed by atoms with E-state index < -0.39 is 11.5 Å². The van der Waals surface area contributed by atoms with Crippen molar-refractivity contribution in [3.8, 4) is 0 Å². The summed E-state index contributed by atoms with van der Waals surface area (Å²) in [6.45, 7) is 4.77. The van der Waals surface area contributed by atoms with Crippen molar-refractivity contribution in [3.05, 3.63) is 12.4 Å². The second-order valence-corrected chi connectivity index (χ2v) is 6.53. The van der Waals surface area contributed by atoms with Crippen molar-refractivity contribution in [1.29, 1.82) is 0 Å². The Labute approximate surface area is 136 Å². The molecule has 1 aromatic rings. The molecule has 1 aliphatic rings. The fourth-order valence-electron chi connectivity index (χ4n) is 2.60. The highest BCUT2D eigenvalue weighted by Gasteiger charge is 2.30. The van der Waals surface area contributed by atoms with E-state index in [2.05, 4.69) is 10.4 Å². The molecule has 0 unspecified atom stereocenters. The first-order chi connectivity index (χ1) is 10.9. The van der Waals surface area contributed by atoms with Crippen LogP contribution in [-0.4, -0.2) is 40.0 Å². The topological polar surface area (TPSA) is 93.5 Å². The molecule has 7 nitrogen and oxygen atoms in total. The van der Waals surface area contributed by atoms with Crippen molar-refractivity contribution in [1.82, 2.24) is 9.78 Å². The second kappa shape index (κ2) is 7.59. The van der Waals surface area contributed by atoms with E-state index in [0.717, 1.165) is 38.9 Å². The van der Waals surface area contributed by atoms with Crippen molar-refractivity contribution < 1.29 is 19.4 Å². The predicted molar refractivity (Wildman–Crippen MR) is 85.2 cm³/mol. The third-order valence-electron chi connectivity index (χ3n) is 4.32. The zero-order chi connectivity index (χ0) is 16.9. The van der Waals surface area contributed by atoms with E-state index in [0.29, 0.717) is 18.0 Å². The minimum Gasteiger partial charge on any atom is -0.479 e. The summed E-state index contributed by atoms with van der Waals surface area (Å²) in [4.78, 5) is 23.1. The van der Waals surface area contributed by atoms with Gasteiger partial charge >= 0.3 is 5.97 Å². The summed E-state index contributed by atoms with van der Waals surface area (Å²) in [6.07, 6.45) is 7.54. The molecule has 128 valence electrons. The van der Waals surface area contributed by atoms with Gasteiger partial charge in [0.15, 0.2) is 5.54 Å². The Morgan fingerprint density at radius 3 is 2.78 bits per heavy atom. The lowest BCUT2D eigenvalue weighted by atomic mass is 9.94. The lowest BCUT2D eigenvalue weighted by molar-refractivity contribution is -0.146. The molecule has 0 radical (unpaired) electrons. The van der Waals surface area contributed by atoms with Crippen LogP contribution in [0.5, 0.6) is 0 Å². The van der Waals surface area contributed by atoms with Gasteiger partial charge < -0.3 is 15.2 Å². The molecular weight excluding hydrogens is 298 g/mol. The average Bonchev–Trinajstić information content (AvgIpc) is 2.97. The number of ether oxygens (including phenoxy) is 1. The van der Waals surface area contributed by atoms with E-state index in [1.807, 2.05) is 0 Å². The van der Waals surface area contributed by atoms with Gasteiger partial charge in [-0.25, -0.2) is 4.79 Å². The molecule has 2 N–H and O–H groups in total. The Bertz CT molecular complexity index is 547. The molecule has 2 heterocycles. The van der Waals surface area contributed by atoms with Crippen molar-refractivity contribution in [2.45, 2.75) is 51.5 Å². The number of aromatic nitrogens is 2. The van der Waals surface area contributed by atoms with Crippen LogP contribution in [0.1, 0.15) is 46.0 Å². The Hall–Kier alpha value is -1.89. The standard InChI is InChI=1S/C16H25N3O4/c1-16(2,15(21)22)19-11-13(10-17-19)18-14(20)5-3-4-12-6-8-23-9-7-12/h10-12H,3-9H2,1-2H3,(H,18,20)(H,21,22). The Morgan fingerprint density at radius 1 is 1.43 bits per heavy atom. The molecule has 2 rings (SSSR count). The van der Waals surface area contributed by atoms with Crippen molar-refractivity contribution in [3.63, 3.8) is 0 Å². The van der Waals surface area contributed by atoms with Crippen molar-refractivity contribution >= 4 is 17.6 Å². The van der Waals surface area contributed by atoms with Crippen LogP contribution < -0.4 is 5.32 Å². The summed E-state index contributed by atoms with van der Waals surface area (Å²) in [5.74, 6) is -0.379. The van der Waals surface area contributed by atoms with Crippen LogP contribution in [0.25, 0.3) is 0 Å². The van der Waals surface area contributed by atoms with E-state index in [1.54, 1.807) is 20.0 Å². The molecule has 0 aromatic carbocycles. The summed E-state index contributed by atoms with van der Waals surface area (Å²) < 4.78 is 6.66. The van der Waals surface area contributed by atoms with Crippen LogP contribution in [0.4, 0.5) is 5.69 Å². The number of carbonyl (C=O) groups is 2. The van der Waals surface area contributed by atoms with Crippen molar-refractivity contribution in [2.24, 2.45) is 5.92 Å². The number of nitrogens with one attached hydrogen (secondary N) is 1. The summed E-state index contributed by atoms with van der Waals surface area (Å²) >= 11 is 0. The molecule has 1 saturated heterocycles. The SMILES string of the molecule is CC(C)(C(=O)O)n1cc(NC(=O)CCCC2CCOCC2)cn1. The minimum atomic E-state index is -1.15. The largest absolute Gasteiger partial charge is 0.479 e. The lowest BCUT2D eigenvalue weighted by Crippen LogP contribution is -2.35. The number of amides is 1. The molecule has 0 spiro atoms.